The number of rotatable bonds is 11. The molecule has 0 saturated carbocycles. The van der Waals surface area contributed by atoms with Crippen molar-refractivity contribution in [2.24, 2.45) is 0 Å². The predicted molar refractivity (Wildman–Crippen MR) is 156 cm³/mol. The van der Waals surface area contributed by atoms with Gasteiger partial charge in [0.1, 0.15) is 12.4 Å². The van der Waals surface area contributed by atoms with Crippen LogP contribution in [0.3, 0.4) is 0 Å². The summed E-state index contributed by atoms with van der Waals surface area (Å²) in [7, 11) is 0. The summed E-state index contributed by atoms with van der Waals surface area (Å²) in [5.74, 6) is 0.573. The number of hydrogen-bond donors (Lipinski definition) is 1. The standard InChI is InChI=1S/C28H24BrClN2O6S/c1-2-36-23-15-18(14-20(29)26(23)38-17-25(33)31-22-11-7-6-10-21(22)30)16-24-27(34)32(28(35)39-24)12-13-37-19-8-4-3-5-9-19/h3-11,14-16H,2,12-13,17H2,1H3,(H,31,33)/b24-16-. The molecule has 1 N–H and O–H groups in total. The third-order valence-electron chi connectivity index (χ3n) is 5.33. The molecule has 0 aromatic heterocycles. The van der Waals surface area contributed by atoms with Gasteiger partial charge in [-0.25, -0.2) is 0 Å². The van der Waals surface area contributed by atoms with Gasteiger partial charge in [-0.2, -0.15) is 0 Å². The van der Waals surface area contributed by atoms with Crippen LogP contribution in [0.25, 0.3) is 6.08 Å². The van der Waals surface area contributed by atoms with Crippen molar-refractivity contribution in [2.45, 2.75) is 6.92 Å². The van der Waals surface area contributed by atoms with Gasteiger partial charge in [0.05, 0.1) is 33.2 Å². The number of amides is 3. The molecule has 0 aliphatic carbocycles. The monoisotopic (exact) mass is 630 g/mol. The van der Waals surface area contributed by atoms with E-state index in [0.29, 0.717) is 44.6 Å². The molecule has 4 rings (SSSR count). The van der Waals surface area contributed by atoms with Gasteiger partial charge < -0.3 is 19.5 Å². The van der Waals surface area contributed by atoms with E-state index < -0.39 is 11.8 Å². The molecule has 3 aromatic rings. The van der Waals surface area contributed by atoms with Crippen molar-refractivity contribution in [1.29, 1.82) is 0 Å². The highest BCUT2D eigenvalue weighted by atomic mass is 79.9. The summed E-state index contributed by atoms with van der Waals surface area (Å²) in [4.78, 5) is 39.3. The van der Waals surface area contributed by atoms with Gasteiger partial charge >= 0.3 is 0 Å². The first kappa shape index (κ1) is 28.5. The van der Waals surface area contributed by atoms with E-state index in [-0.39, 0.29) is 29.9 Å². The van der Waals surface area contributed by atoms with Crippen molar-refractivity contribution in [3.8, 4) is 17.2 Å². The van der Waals surface area contributed by atoms with Crippen molar-refractivity contribution in [3.63, 3.8) is 0 Å². The minimum absolute atomic E-state index is 0.133. The maximum absolute atomic E-state index is 12.9. The van der Waals surface area contributed by atoms with Crippen molar-refractivity contribution in [3.05, 3.63) is 86.7 Å². The Balaban J connectivity index is 1.43. The quantitative estimate of drug-likeness (QED) is 0.237. The summed E-state index contributed by atoms with van der Waals surface area (Å²) in [5, 5.41) is 2.75. The van der Waals surface area contributed by atoms with E-state index in [1.54, 1.807) is 54.6 Å². The molecule has 0 atom stereocenters. The maximum Gasteiger partial charge on any atom is 0.293 e. The molecular formula is C28H24BrClN2O6S. The highest BCUT2D eigenvalue weighted by Crippen LogP contribution is 2.39. The number of carbonyl (C=O) groups is 3. The molecular weight excluding hydrogens is 608 g/mol. The highest BCUT2D eigenvalue weighted by Gasteiger charge is 2.35. The van der Waals surface area contributed by atoms with Gasteiger partial charge in [0.2, 0.25) is 0 Å². The van der Waals surface area contributed by atoms with Crippen LogP contribution in [0.1, 0.15) is 12.5 Å². The summed E-state index contributed by atoms with van der Waals surface area (Å²) in [6.45, 7) is 2.19. The van der Waals surface area contributed by atoms with Gasteiger partial charge in [-0.15, -0.1) is 0 Å². The number of nitrogens with zero attached hydrogens (tertiary/aromatic N) is 1. The molecule has 1 aliphatic heterocycles. The summed E-state index contributed by atoms with van der Waals surface area (Å²) < 4.78 is 17.6. The second-order valence-corrected chi connectivity index (χ2v) is 10.3. The average molecular weight is 632 g/mol. The molecule has 1 aliphatic rings. The SMILES string of the molecule is CCOc1cc(/C=C2\SC(=O)N(CCOc3ccccc3)C2=O)cc(Br)c1OCC(=O)Nc1ccccc1Cl. The number of nitrogens with one attached hydrogen (secondary N) is 1. The molecule has 39 heavy (non-hydrogen) atoms. The zero-order valence-corrected chi connectivity index (χ0v) is 24.0. The Bertz CT molecular complexity index is 1400. The molecule has 0 spiro atoms. The van der Waals surface area contributed by atoms with Crippen LogP contribution >= 0.6 is 39.3 Å². The molecule has 0 bridgehead atoms. The van der Waals surface area contributed by atoms with E-state index in [1.165, 1.54) is 0 Å². The average Bonchev–Trinajstić information content (AvgIpc) is 3.17. The van der Waals surface area contributed by atoms with E-state index in [1.807, 2.05) is 25.1 Å². The summed E-state index contributed by atoms with van der Waals surface area (Å²) in [6.07, 6.45) is 1.62. The molecule has 0 radical (unpaired) electrons. The van der Waals surface area contributed by atoms with Gasteiger partial charge in [-0.05, 0) is 82.7 Å². The number of halogens is 2. The normalized spacial score (nSPS) is 14.0. The molecule has 1 fully saturated rings. The Morgan fingerprint density at radius 1 is 1.05 bits per heavy atom. The lowest BCUT2D eigenvalue weighted by atomic mass is 10.2. The first-order valence-corrected chi connectivity index (χ1v) is 13.9. The molecule has 0 unspecified atom stereocenters. The molecule has 3 amide bonds. The second-order valence-electron chi connectivity index (χ2n) is 8.07. The zero-order valence-electron chi connectivity index (χ0n) is 20.8. The third-order valence-corrected chi connectivity index (χ3v) is 7.15. The number of imide groups is 1. The summed E-state index contributed by atoms with van der Waals surface area (Å²) >= 11 is 10.4. The van der Waals surface area contributed by atoms with Crippen LogP contribution in [0.4, 0.5) is 10.5 Å². The Hall–Kier alpha value is -3.47. The van der Waals surface area contributed by atoms with Crippen LogP contribution in [0.2, 0.25) is 5.02 Å². The summed E-state index contributed by atoms with van der Waals surface area (Å²) in [5.41, 5.74) is 1.09. The number of anilines is 1. The molecule has 8 nitrogen and oxygen atoms in total. The van der Waals surface area contributed by atoms with Crippen LogP contribution in [-0.2, 0) is 9.59 Å². The number of ether oxygens (including phenoxy) is 3. The van der Waals surface area contributed by atoms with E-state index in [9.17, 15) is 14.4 Å². The minimum Gasteiger partial charge on any atom is -0.492 e. The summed E-state index contributed by atoms with van der Waals surface area (Å²) in [6, 6.07) is 19.5. The van der Waals surface area contributed by atoms with Gasteiger partial charge in [-0.3, -0.25) is 19.3 Å². The molecule has 202 valence electrons. The van der Waals surface area contributed by atoms with Crippen LogP contribution in [-0.4, -0.2) is 48.3 Å². The van der Waals surface area contributed by atoms with Crippen molar-refractivity contribution in [1.82, 2.24) is 4.90 Å². The van der Waals surface area contributed by atoms with Crippen LogP contribution < -0.4 is 19.5 Å². The number of hydrogen-bond acceptors (Lipinski definition) is 7. The van der Waals surface area contributed by atoms with E-state index in [2.05, 4.69) is 21.2 Å². The fourth-order valence-electron chi connectivity index (χ4n) is 3.58. The first-order chi connectivity index (χ1) is 18.9. The van der Waals surface area contributed by atoms with Gasteiger partial charge in [0.25, 0.3) is 17.1 Å². The molecule has 3 aromatic carbocycles. The first-order valence-electron chi connectivity index (χ1n) is 11.9. The smallest absolute Gasteiger partial charge is 0.293 e. The number of para-hydroxylation sites is 2. The molecule has 1 saturated heterocycles. The largest absolute Gasteiger partial charge is 0.492 e. The van der Waals surface area contributed by atoms with Crippen molar-refractivity contribution in [2.75, 3.05) is 31.7 Å². The fraction of sp³-hybridized carbons (Fsp3) is 0.179. The van der Waals surface area contributed by atoms with E-state index in [0.717, 1.165) is 16.7 Å². The van der Waals surface area contributed by atoms with E-state index >= 15 is 0 Å². The van der Waals surface area contributed by atoms with Crippen molar-refractivity contribution >= 4 is 68.1 Å². The Labute approximate surface area is 243 Å². The van der Waals surface area contributed by atoms with Crippen LogP contribution in [0, 0.1) is 0 Å². The minimum atomic E-state index is -0.397. The number of thioether (sulfide) groups is 1. The van der Waals surface area contributed by atoms with Gasteiger partial charge in [0, 0.05) is 0 Å². The zero-order chi connectivity index (χ0) is 27.8. The lowest BCUT2D eigenvalue weighted by Crippen LogP contribution is -2.32. The fourth-order valence-corrected chi connectivity index (χ4v) is 5.20. The number of benzene rings is 3. The Morgan fingerprint density at radius 3 is 2.54 bits per heavy atom. The lowest BCUT2D eigenvalue weighted by molar-refractivity contribution is -0.123. The molecule has 11 heteroatoms. The maximum atomic E-state index is 12.9. The number of carbonyl (C=O) groups excluding carboxylic acids is 3. The van der Waals surface area contributed by atoms with E-state index in [4.69, 9.17) is 25.8 Å². The second kappa shape index (κ2) is 13.5. The van der Waals surface area contributed by atoms with Gasteiger partial charge in [0.15, 0.2) is 18.1 Å². The van der Waals surface area contributed by atoms with Gasteiger partial charge in [-0.1, -0.05) is 41.9 Å². The highest BCUT2D eigenvalue weighted by molar-refractivity contribution is 9.10. The molecule has 1 heterocycles. The third kappa shape index (κ3) is 7.56. The predicted octanol–water partition coefficient (Wildman–Crippen LogP) is 6.63. The Kier molecular flexibility index (Phi) is 9.91. The topological polar surface area (TPSA) is 94.2 Å². The lowest BCUT2D eigenvalue weighted by Gasteiger charge is -2.15. The Morgan fingerprint density at radius 2 is 1.79 bits per heavy atom. The van der Waals surface area contributed by atoms with Crippen molar-refractivity contribution < 1.29 is 28.6 Å². The van der Waals surface area contributed by atoms with Crippen LogP contribution in [0.5, 0.6) is 17.2 Å². The van der Waals surface area contributed by atoms with Crippen LogP contribution in [0.15, 0.2) is 76.1 Å².